The highest BCUT2D eigenvalue weighted by atomic mass is 19.4. The Morgan fingerprint density at radius 1 is 1.02 bits per heavy atom. The molecule has 0 saturated carbocycles. The summed E-state index contributed by atoms with van der Waals surface area (Å²) in [5.74, 6) is 0.235. The van der Waals surface area contributed by atoms with Crippen LogP contribution in [0.25, 0.3) is 0 Å². The number of carbonyl (C=O) groups excluding carboxylic acids is 2. The first-order valence-corrected chi connectivity index (χ1v) is 13.2. The number of nitrogens with zero attached hydrogens (tertiary/aromatic N) is 4. The molecule has 0 aliphatic carbocycles. The van der Waals surface area contributed by atoms with Crippen LogP contribution in [-0.4, -0.2) is 54.5 Å². The number of benzene rings is 2. The van der Waals surface area contributed by atoms with Crippen molar-refractivity contribution in [2.24, 2.45) is 0 Å². The molecule has 0 bridgehead atoms. The van der Waals surface area contributed by atoms with Gasteiger partial charge in [-0.3, -0.25) is 14.5 Å². The number of piperazine rings is 1. The second-order valence-electron chi connectivity index (χ2n) is 10.6. The summed E-state index contributed by atoms with van der Waals surface area (Å²) < 4.78 is 50.5. The van der Waals surface area contributed by atoms with Crippen molar-refractivity contribution in [2.45, 2.75) is 45.3 Å². The monoisotopic (exact) mass is 556 g/mol. The van der Waals surface area contributed by atoms with E-state index in [0.717, 1.165) is 24.1 Å². The van der Waals surface area contributed by atoms with Gasteiger partial charge in [-0.25, -0.2) is 4.98 Å². The van der Waals surface area contributed by atoms with Gasteiger partial charge in [0.2, 0.25) is 5.89 Å². The van der Waals surface area contributed by atoms with Gasteiger partial charge in [0.25, 0.3) is 11.8 Å². The summed E-state index contributed by atoms with van der Waals surface area (Å²) in [7, 11) is 0. The largest absolute Gasteiger partial charge is 0.482 e. The van der Waals surface area contributed by atoms with Gasteiger partial charge in [-0.2, -0.15) is 13.2 Å². The molecular formula is C29H31F3N4O4. The first-order chi connectivity index (χ1) is 19.0. The third kappa shape index (κ3) is 5.50. The lowest BCUT2D eigenvalue weighted by Gasteiger charge is -2.36. The van der Waals surface area contributed by atoms with E-state index in [1.807, 2.05) is 23.1 Å². The molecule has 2 aromatic carbocycles. The average Bonchev–Trinajstić information content (AvgIpc) is 3.42. The Labute approximate surface area is 230 Å². The number of alkyl halides is 3. The van der Waals surface area contributed by atoms with E-state index >= 15 is 0 Å². The van der Waals surface area contributed by atoms with Gasteiger partial charge < -0.3 is 19.0 Å². The standard InChI is InChI=1S/C29H31F3N4O4/c1-4-28(2,3)19-8-9-24-23(15-19)36(26(37)18-39-24)16-25-33-22(17-40-25)27(38)35-12-10-34(11-13-35)21-7-5-6-20(14-21)29(30,31)32/h5-9,14-15,17H,4,10-13,16,18H2,1-3H3. The maximum Gasteiger partial charge on any atom is 0.416 e. The summed E-state index contributed by atoms with van der Waals surface area (Å²) in [5, 5.41) is 0. The number of aromatic nitrogens is 1. The number of ether oxygens (including phenoxy) is 1. The van der Waals surface area contributed by atoms with Crippen LogP contribution in [0, 0.1) is 0 Å². The van der Waals surface area contributed by atoms with Crippen LogP contribution in [0.3, 0.4) is 0 Å². The zero-order valence-electron chi connectivity index (χ0n) is 22.6. The zero-order valence-corrected chi connectivity index (χ0v) is 22.6. The van der Waals surface area contributed by atoms with Gasteiger partial charge in [0, 0.05) is 31.9 Å². The molecule has 1 saturated heterocycles. The van der Waals surface area contributed by atoms with Crippen LogP contribution < -0.4 is 14.5 Å². The Bertz CT molecular complexity index is 1410. The molecule has 8 nitrogen and oxygen atoms in total. The molecule has 2 aliphatic heterocycles. The summed E-state index contributed by atoms with van der Waals surface area (Å²) in [6.45, 7) is 7.72. The Morgan fingerprint density at radius 2 is 1.77 bits per heavy atom. The number of amides is 2. The molecule has 11 heteroatoms. The average molecular weight is 557 g/mol. The predicted octanol–water partition coefficient (Wildman–Crippen LogP) is 5.27. The van der Waals surface area contributed by atoms with Crippen LogP contribution in [0.15, 0.2) is 53.1 Å². The number of oxazole rings is 1. The summed E-state index contributed by atoms with van der Waals surface area (Å²) in [6, 6.07) is 11.0. The van der Waals surface area contributed by atoms with E-state index in [1.165, 1.54) is 12.3 Å². The fourth-order valence-corrected chi connectivity index (χ4v) is 4.83. The quantitative estimate of drug-likeness (QED) is 0.412. The zero-order chi connectivity index (χ0) is 28.7. The van der Waals surface area contributed by atoms with Crippen molar-refractivity contribution in [2.75, 3.05) is 42.6 Å². The Hall–Kier alpha value is -4.02. The minimum atomic E-state index is -4.42. The van der Waals surface area contributed by atoms with Crippen LogP contribution >= 0.6 is 0 Å². The molecule has 5 rings (SSSR count). The predicted molar refractivity (Wildman–Crippen MR) is 143 cm³/mol. The van der Waals surface area contributed by atoms with E-state index in [2.05, 4.69) is 25.8 Å². The van der Waals surface area contributed by atoms with E-state index in [0.29, 0.717) is 43.3 Å². The maximum atomic E-state index is 13.1. The van der Waals surface area contributed by atoms with E-state index in [9.17, 15) is 22.8 Å². The molecule has 3 aromatic rings. The highest BCUT2D eigenvalue weighted by molar-refractivity contribution is 5.98. The van der Waals surface area contributed by atoms with E-state index in [-0.39, 0.29) is 42.0 Å². The number of rotatable bonds is 6. The van der Waals surface area contributed by atoms with Crippen molar-refractivity contribution >= 4 is 23.2 Å². The van der Waals surface area contributed by atoms with Crippen molar-refractivity contribution in [3.8, 4) is 5.75 Å². The smallest absolute Gasteiger partial charge is 0.416 e. The van der Waals surface area contributed by atoms with Crippen LogP contribution in [0.2, 0.25) is 0 Å². The lowest BCUT2D eigenvalue weighted by Crippen LogP contribution is -2.49. The molecule has 40 heavy (non-hydrogen) atoms. The lowest BCUT2D eigenvalue weighted by molar-refractivity contribution is -0.137. The van der Waals surface area contributed by atoms with Gasteiger partial charge in [0.1, 0.15) is 18.6 Å². The van der Waals surface area contributed by atoms with Crippen LogP contribution in [-0.2, 0) is 22.9 Å². The molecule has 1 fully saturated rings. The topological polar surface area (TPSA) is 79.1 Å². The normalized spacial score (nSPS) is 16.1. The molecule has 0 unspecified atom stereocenters. The number of hydrogen-bond donors (Lipinski definition) is 0. The van der Waals surface area contributed by atoms with Crippen molar-refractivity contribution < 1.29 is 31.9 Å². The van der Waals surface area contributed by atoms with Crippen molar-refractivity contribution in [1.82, 2.24) is 9.88 Å². The third-order valence-corrected chi connectivity index (χ3v) is 7.74. The number of hydrogen-bond acceptors (Lipinski definition) is 6. The highest BCUT2D eigenvalue weighted by Crippen LogP contribution is 2.38. The number of anilines is 2. The summed E-state index contributed by atoms with van der Waals surface area (Å²) in [4.78, 5) is 35.2. The Kier molecular flexibility index (Phi) is 7.24. The van der Waals surface area contributed by atoms with E-state index in [1.54, 1.807) is 15.9 Å². The van der Waals surface area contributed by atoms with Crippen LogP contribution in [0.4, 0.5) is 24.5 Å². The number of halogens is 3. The van der Waals surface area contributed by atoms with Crippen LogP contribution in [0.1, 0.15) is 54.7 Å². The first kappa shape index (κ1) is 27.5. The van der Waals surface area contributed by atoms with E-state index < -0.39 is 11.7 Å². The fourth-order valence-electron chi connectivity index (χ4n) is 4.83. The van der Waals surface area contributed by atoms with Crippen molar-refractivity contribution in [1.29, 1.82) is 0 Å². The number of fused-ring (bicyclic) bond motifs is 1. The van der Waals surface area contributed by atoms with Gasteiger partial charge in [-0.15, -0.1) is 0 Å². The molecule has 2 aliphatic rings. The minimum absolute atomic E-state index is 0.0435. The van der Waals surface area contributed by atoms with Gasteiger partial charge in [-0.05, 0) is 47.7 Å². The Balaban J connectivity index is 1.26. The van der Waals surface area contributed by atoms with Gasteiger partial charge in [0.05, 0.1) is 11.3 Å². The molecule has 1 aromatic heterocycles. The maximum absolute atomic E-state index is 13.1. The molecule has 0 atom stereocenters. The van der Waals surface area contributed by atoms with Crippen LogP contribution in [0.5, 0.6) is 5.75 Å². The van der Waals surface area contributed by atoms with Gasteiger partial charge in [-0.1, -0.05) is 32.9 Å². The highest BCUT2D eigenvalue weighted by Gasteiger charge is 2.33. The molecule has 0 radical (unpaired) electrons. The SMILES string of the molecule is CCC(C)(C)c1ccc2c(c1)N(Cc1nc(C(=O)N3CCN(c4cccc(C(F)(F)F)c4)CC3)co1)C(=O)CO2. The molecule has 3 heterocycles. The molecular weight excluding hydrogens is 525 g/mol. The van der Waals surface area contributed by atoms with Gasteiger partial charge in [0.15, 0.2) is 12.3 Å². The minimum Gasteiger partial charge on any atom is -0.482 e. The first-order valence-electron chi connectivity index (χ1n) is 13.2. The number of carbonyl (C=O) groups is 2. The second kappa shape index (κ2) is 10.5. The Morgan fingerprint density at radius 3 is 2.48 bits per heavy atom. The molecule has 212 valence electrons. The summed E-state index contributed by atoms with van der Waals surface area (Å²) in [6.07, 6.45) is -2.22. The summed E-state index contributed by atoms with van der Waals surface area (Å²) in [5.41, 5.74) is 1.49. The summed E-state index contributed by atoms with van der Waals surface area (Å²) >= 11 is 0. The van der Waals surface area contributed by atoms with Crippen molar-refractivity contribution in [3.05, 3.63) is 71.4 Å². The fraction of sp³-hybridized carbons (Fsp3) is 0.414. The van der Waals surface area contributed by atoms with Crippen molar-refractivity contribution in [3.63, 3.8) is 0 Å². The van der Waals surface area contributed by atoms with Gasteiger partial charge >= 0.3 is 6.18 Å². The second-order valence-corrected chi connectivity index (χ2v) is 10.6. The lowest BCUT2D eigenvalue weighted by atomic mass is 9.82. The van der Waals surface area contributed by atoms with E-state index in [4.69, 9.17) is 9.15 Å². The molecule has 2 amide bonds. The molecule has 0 spiro atoms. The molecule has 0 N–H and O–H groups in total. The third-order valence-electron chi connectivity index (χ3n) is 7.74.